The molecule has 0 amide bonds. The highest BCUT2D eigenvalue weighted by molar-refractivity contribution is 7.92. The van der Waals surface area contributed by atoms with Crippen LogP contribution in [-0.4, -0.2) is 23.3 Å². The molecule has 0 bridgehead atoms. The number of non-ortho nitro benzene ring substituents is 1. The average molecular weight is 516 g/mol. The molecular formula is C22H15Cl2N5O4S. The van der Waals surface area contributed by atoms with Gasteiger partial charge in [0.15, 0.2) is 0 Å². The third-order valence-electron chi connectivity index (χ3n) is 4.74. The van der Waals surface area contributed by atoms with Crippen LogP contribution in [0.1, 0.15) is 0 Å². The van der Waals surface area contributed by atoms with Crippen molar-refractivity contribution in [2.75, 3.05) is 10.5 Å². The van der Waals surface area contributed by atoms with Crippen LogP contribution in [0.5, 0.6) is 0 Å². The number of aromatic nitrogens is 2. The quantitative estimate of drug-likeness (QED) is 0.258. The summed E-state index contributed by atoms with van der Waals surface area (Å²) in [6.45, 7) is 0. The van der Waals surface area contributed by atoms with Gasteiger partial charge in [0, 0.05) is 34.0 Å². The number of anilines is 2. The largest absolute Gasteiger partial charge is 0.368 e. The van der Waals surface area contributed by atoms with Gasteiger partial charge in [-0.05, 0) is 48.5 Å². The molecule has 0 aliphatic rings. The van der Waals surface area contributed by atoms with Crippen molar-refractivity contribution < 1.29 is 13.3 Å². The Kier molecular flexibility index (Phi) is 6.38. The molecule has 0 spiro atoms. The lowest BCUT2D eigenvalue weighted by atomic mass is 10.1. The maximum absolute atomic E-state index is 12.6. The molecule has 4 rings (SSSR count). The van der Waals surface area contributed by atoms with Gasteiger partial charge < -0.3 is 5.73 Å². The average Bonchev–Trinajstić information content (AvgIpc) is 2.79. The minimum Gasteiger partial charge on any atom is -0.368 e. The Hall–Kier alpha value is -3.73. The van der Waals surface area contributed by atoms with E-state index < -0.39 is 14.9 Å². The fraction of sp³-hybridized carbons (Fsp3) is 0. The number of nitrogen functional groups attached to an aromatic ring is 1. The zero-order chi connectivity index (χ0) is 24.5. The number of hydrogen-bond acceptors (Lipinski definition) is 7. The number of nitrogens with zero attached hydrogens (tertiary/aromatic N) is 3. The number of sulfonamides is 1. The van der Waals surface area contributed by atoms with E-state index in [1.54, 1.807) is 48.5 Å². The Bertz CT molecular complexity index is 1500. The number of nitro benzene ring substituents is 1. The zero-order valence-corrected chi connectivity index (χ0v) is 19.5. The molecule has 3 aromatic carbocycles. The van der Waals surface area contributed by atoms with Gasteiger partial charge in [0.2, 0.25) is 5.95 Å². The Morgan fingerprint density at radius 1 is 0.882 bits per heavy atom. The predicted molar refractivity (Wildman–Crippen MR) is 131 cm³/mol. The van der Waals surface area contributed by atoms with Crippen molar-refractivity contribution in [1.29, 1.82) is 0 Å². The SMILES string of the molecule is Nc1nc(-c2ccc(NS(=O)(=O)c3ccc([N+](=O)[O-])cc3)cc2)cc(-c2ccc(Cl)cc2Cl)n1. The lowest BCUT2D eigenvalue weighted by Gasteiger charge is -2.10. The third-order valence-corrected chi connectivity index (χ3v) is 6.69. The summed E-state index contributed by atoms with van der Waals surface area (Å²) in [5, 5.41) is 11.7. The molecule has 0 radical (unpaired) electrons. The van der Waals surface area contributed by atoms with Gasteiger partial charge in [0.25, 0.3) is 15.7 Å². The van der Waals surface area contributed by atoms with Crippen molar-refractivity contribution in [2.24, 2.45) is 0 Å². The van der Waals surface area contributed by atoms with E-state index in [9.17, 15) is 18.5 Å². The van der Waals surface area contributed by atoms with E-state index in [-0.39, 0.29) is 16.5 Å². The first-order chi connectivity index (χ1) is 16.1. The molecule has 0 saturated heterocycles. The van der Waals surface area contributed by atoms with Crippen molar-refractivity contribution in [3.8, 4) is 22.5 Å². The van der Waals surface area contributed by atoms with Gasteiger partial charge in [-0.25, -0.2) is 18.4 Å². The Morgan fingerprint density at radius 2 is 1.53 bits per heavy atom. The third kappa shape index (κ3) is 5.09. The summed E-state index contributed by atoms with van der Waals surface area (Å²) in [5.74, 6) is 0.0430. The molecule has 34 heavy (non-hydrogen) atoms. The molecule has 0 aliphatic carbocycles. The topological polar surface area (TPSA) is 141 Å². The van der Waals surface area contributed by atoms with Crippen LogP contribution in [0.3, 0.4) is 0 Å². The van der Waals surface area contributed by atoms with E-state index in [4.69, 9.17) is 28.9 Å². The lowest BCUT2D eigenvalue weighted by Crippen LogP contribution is -2.12. The maximum atomic E-state index is 12.6. The van der Waals surface area contributed by atoms with Crippen LogP contribution in [0.2, 0.25) is 10.0 Å². The molecule has 0 fully saturated rings. The van der Waals surface area contributed by atoms with Crippen LogP contribution >= 0.6 is 23.2 Å². The molecule has 1 aromatic heterocycles. The second kappa shape index (κ2) is 9.26. The van der Waals surface area contributed by atoms with Crippen molar-refractivity contribution in [3.63, 3.8) is 0 Å². The summed E-state index contributed by atoms with van der Waals surface area (Å²) in [4.78, 5) is 18.6. The normalized spacial score (nSPS) is 11.2. The first-order valence-electron chi connectivity index (χ1n) is 9.60. The van der Waals surface area contributed by atoms with Gasteiger partial charge in [0.1, 0.15) is 0 Å². The summed E-state index contributed by atoms with van der Waals surface area (Å²) < 4.78 is 27.6. The summed E-state index contributed by atoms with van der Waals surface area (Å²) in [6, 6.07) is 17.8. The molecule has 0 saturated carbocycles. The number of nitro groups is 1. The smallest absolute Gasteiger partial charge is 0.269 e. The van der Waals surface area contributed by atoms with Crippen LogP contribution < -0.4 is 10.5 Å². The monoisotopic (exact) mass is 515 g/mol. The summed E-state index contributed by atoms with van der Waals surface area (Å²) in [5.41, 5.74) is 8.31. The molecule has 3 N–H and O–H groups in total. The standard InChI is InChI=1S/C22H15Cl2N5O4S/c23-14-3-10-18(19(24)11-14)21-12-20(26-22(25)27-21)13-1-4-15(5-2-13)28-34(32,33)17-8-6-16(7-9-17)29(30)31/h1-12,28H,(H2,25,26,27). The molecular weight excluding hydrogens is 501 g/mol. The summed E-state index contributed by atoms with van der Waals surface area (Å²) >= 11 is 12.3. The lowest BCUT2D eigenvalue weighted by molar-refractivity contribution is -0.384. The fourth-order valence-electron chi connectivity index (χ4n) is 3.12. The van der Waals surface area contributed by atoms with Gasteiger partial charge in [-0.15, -0.1) is 0 Å². The summed E-state index contributed by atoms with van der Waals surface area (Å²) in [7, 11) is -3.93. The van der Waals surface area contributed by atoms with Gasteiger partial charge in [-0.3, -0.25) is 14.8 Å². The van der Waals surface area contributed by atoms with Crippen LogP contribution in [0, 0.1) is 10.1 Å². The Labute approximate surface area is 204 Å². The predicted octanol–water partition coefficient (Wildman–Crippen LogP) is 5.41. The first kappa shape index (κ1) is 23.4. The summed E-state index contributed by atoms with van der Waals surface area (Å²) in [6.07, 6.45) is 0. The Morgan fingerprint density at radius 3 is 2.15 bits per heavy atom. The number of benzene rings is 3. The highest BCUT2D eigenvalue weighted by atomic mass is 35.5. The maximum Gasteiger partial charge on any atom is 0.269 e. The van der Waals surface area contributed by atoms with Crippen LogP contribution in [0.15, 0.2) is 77.7 Å². The van der Waals surface area contributed by atoms with Crippen molar-refractivity contribution in [2.45, 2.75) is 4.90 Å². The van der Waals surface area contributed by atoms with E-state index in [0.29, 0.717) is 38.2 Å². The minimum absolute atomic E-state index is 0.0430. The van der Waals surface area contributed by atoms with Gasteiger partial charge in [0.05, 0.1) is 26.2 Å². The Balaban J connectivity index is 1.59. The van der Waals surface area contributed by atoms with Crippen LogP contribution in [-0.2, 0) is 10.0 Å². The van der Waals surface area contributed by atoms with Gasteiger partial charge in [-0.1, -0.05) is 35.3 Å². The molecule has 12 heteroatoms. The molecule has 172 valence electrons. The minimum atomic E-state index is -3.93. The van der Waals surface area contributed by atoms with E-state index in [1.807, 2.05) is 0 Å². The van der Waals surface area contributed by atoms with E-state index >= 15 is 0 Å². The van der Waals surface area contributed by atoms with Crippen LogP contribution in [0.4, 0.5) is 17.3 Å². The van der Waals surface area contributed by atoms with E-state index in [2.05, 4.69) is 14.7 Å². The number of nitrogens with one attached hydrogen (secondary N) is 1. The number of hydrogen-bond donors (Lipinski definition) is 2. The fourth-order valence-corrected chi connectivity index (χ4v) is 4.68. The molecule has 0 atom stereocenters. The van der Waals surface area contributed by atoms with Gasteiger partial charge in [-0.2, -0.15) is 0 Å². The van der Waals surface area contributed by atoms with Crippen molar-refractivity contribution in [3.05, 3.63) is 93.0 Å². The van der Waals surface area contributed by atoms with Crippen molar-refractivity contribution >= 4 is 50.5 Å². The molecule has 4 aromatic rings. The first-order valence-corrected chi connectivity index (χ1v) is 11.8. The van der Waals surface area contributed by atoms with Crippen molar-refractivity contribution in [1.82, 2.24) is 9.97 Å². The highest BCUT2D eigenvalue weighted by Gasteiger charge is 2.16. The van der Waals surface area contributed by atoms with Crippen LogP contribution in [0.25, 0.3) is 22.5 Å². The number of rotatable bonds is 6. The second-order valence-corrected chi connectivity index (χ2v) is 9.58. The van der Waals surface area contributed by atoms with Gasteiger partial charge >= 0.3 is 0 Å². The molecule has 1 heterocycles. The van der Waals surface area contributed by atoms with E-state index in [0.717, 1.165) is 12.1 Å². The molecule has 0 unspecified atom stereocenters. The molecule has 9 nitrogen and oxygen atoms in total. The number of halogens is 2. The molecule has 0 aliphatic heterocycles. The second-order valence-electron chi connectivity index (χ2n) is 7.05. The zero-order valence-electron chi connectivity index (χ0n) is 17.1. The number of nitrogens with two attached hydrogens (primary N) is 1. The highest BCUT2D eigenvalue weighted by Crippen LogP contribution is 2.32. The van der Waals surface area contributed by atoms with E-state index in [1.165, 1.54) is 12.1 Å².